The highest BCUT2D eigenvalue weighted by Gasteiger charge is 2.45. The summed E-state index contributed by atoms with van der Waals surface area (Å²) >= 11 is 0. The molecule has 1 N–H and O–H groups in total. The number of benzene rings is 1. The summed E-state index contributed by atoms with van der Waals surface area (Å²) in [5.41, 5.74) is -2.96. The van der Waals surface area contributed by atoms with E-state index in [1.54, 1.807) is 22.9 Å². The third-order valence-corrected chi connectivity index (χ3v) is 7.30. The first-order valence-corrected chi connectivity index (χ1v) is 12.3. The molecule has 2 aliphatic rings. The molecule has 1 aliphatic heterocycles. The summed E-state index contributed by atoms with van der Waals surface area (Å²) in [7, 11) is 0. The van der Waals surface area contributed by atoms with Crippen LogP contribution in [0.15, 0.2) is 59.5 Å². The van der Waals surface area contributed by atoms with Crippen molar-refractivity contribution in [3.8, 4) is 0 Å². The fourth-order valence-corrected chi connectivity index (χ4v) is 5.04. The van der Waals surface area contributed by atoms with Crippen LogP contribution in [0.2, 0.25) is 0 Å². The van der Waals surface area contributed by atoms with E-state index < -0.39 is 40.6 Å². The van der Waals surface area contributed by atoms with Gasteiger partial charge in [-0.25, -0.2) is 9.37 Å². The predicted octanol–water partition coefficient (Wildman–Crippen LogP) is 5.27. The maximum Gasteiger partial charge on any atom is 0.435 e. The van der Waals surface area contributed by atoms with Crippen molar-refractivity contribution in [3.05, 3.63) is 87.9 Å². The number of pyridine rings is 1. The van der Waals surface area contributed by atoms with E-state index in [0.717, 1.165) is 12.8 Å². The Morgan fingerprint density at radius 3 is 2.20 bits per heavy atom. The Kier molecular flexibility index (Phi) is 5.86. The van der Waals surface area contributed by atoms with Crippen LogP contribution in [0.25, 0.3) is 5.65 Å². The van der Waals surface area contributed by atoms with E-state index >= 15 is 0 Å². The van der Waals surface area contributed by atoms with Crippen LogP contribution in [0.3, 0.4) is 0 Å². The second-order valence-electron chi connectivity index (χ2n) is 10.2. The van der Waals surface area contributed by atoms with Crippen LogP contribution in [0.5, 0.6) is 0 Å². The largest absolute Gasteiger partial charge is 0.435 e. The van der Waals surface area contributed by atoms with Crippen LogP contribution in [0.4, 0.5) is 42.2 Å². The number of aromatic nitrogens is 4. The molecule has 40 heavy (non-hydrogen) atoms. The van der Waals surface area contributed by atoms with Crippen LogP contribution in [-0.2, 0) is 17.8 Å². The van der Waals surface area contributed by atoms with E-state index in [0.29, 0.717) is 41.0 Å². The number of halogens is 7. The van der Waals surface area contributed by atoms with Crippen LogP contribution in [-0.4, -0.2) is 38.8 Å². The number of fused-ring (bicyclic) bond motifs is 1. The van der Waals surface area contributed by atoms with E-state index in [9.17, 15) is 35.5 Å². The number of rotatable bonds is 6. The topological polar surface area (TPSA) is 67.5 Å². The maximum absolute atomic E-state index is 13.7. The molecular weight excluding hydrogens is 545 g/mol. The SMILES string of the molecule is O=c1cc(N2CC(CNc3cc(C(F)(F)F)nc4cc(C(F)(F)F)nn34)(c3ccc(F)cc3)C2)ccn1C1CC1. The zero-order chi connectivity index (χ0) is 28.4. The van der Waals surface area contributed by atoms with Crippen molar-refractivity contribution in [1.29, 1.82) is 0 Å². The Bertz CT molecular complexity index is 1630. The number of anilines is 2. The molecule has 1 saturated heterocycles. The van der Waals surface area contributed by atoms with Crippen molar-refractivity contribution in [1.82, 2.24) is 19.2 Å². The van der Waals surface area contributed by atoms with Gasteiger partial charge in [-0.1, -0.05) is 12.1 Å². The number of hydrogen-bond acceptors (Lipinski definition) is 5. The molecule has 14 heteroatoms. The first-order chi connectivity index (χ1) is 18.8. The lowest BCUT2D eigenvalue weighted by atomic mass is 9.73. The number of nitrogens with one attached hydrogen (secondary N) is 1. The standard InChI is InChI=1S/C26H21F7N6O/c27-16-3-1-15(2-4-16)24(13-37(14-24)18-7-8-38(17-5-6-17)23(40)9-18)12-34-21-10-19(25(28,29)30)35-22-11-20(26(31,32)33)36-39(21)22/h1-4,7-11,17,34H,5-6,12-14H2. The smallest absolute Gasteiger partial charge is 0.369 e. The monoisotopic (exact) mass is 566 g/mol. The summed E-state index contributed by atoms with van der Waals surface area (Å²) in [6, 6.07) is 10.2. The molecular formula is C26H21F7N6O. The van der Waals surface area contributed by atoms with Crippen molar-refractivity contribution in [2.45, 2.75) is 36.7 Å². The van der Waals surface area contributed by atoms with Gasteiger partial charge in [0.2, 0.25) is 0 Å². The van der Waals surface area contributed by atoms with Gasteiger partial charge in [0.05, 0.1) is 0 Å². The van der Waals surface area contributed by atoms with Gasteiger partial charge in [0.15, 0.2) is 17.0 Å². The van der Waals surface area contributed by atoms with Gasteiger partial charge >= 0.3 is 12.4 Å². The Labute approximate surface area is 221 Å². The molecule has 0 unspecified atom stereocenters. The van der Waals surface area contributed by atoms with Crippen molar-refractivity contribution in [2.24, 2.45) is 0 Å². The summed E-state index contributed by atoms with van der Waals surface area (Å²) in [5.74, 6) is -0.812. The molecule has 1 aliphatic carbocycles. The van der Waals surface area contributed by atoms with Crippen LogP contribution in [0, 0.1) is 5.82 Å². The quantitative estimate of drug-likeness (QED) is 0.322. The van der Waals surface area contributed by atoms with Crippen LogP contribution in [0.1, 0.15) is 35.8 Å². The highest BCUT2D eigenvalue weighted by Crippen LogP contribution is 2.39. The van der Waals surface area contributed by atoms with E-state index in [4.69, 9.17) is 0 Å². The molecule has 6 rings (SSSR count). The summed E-state index contributed by atoms with van der Waals surface area (Å²) < 4.78 is 96.5. The van der Waals surface area contributed by atoms with E-state index in [-0.39, 0.29) is 24.0 Å². The lowest BCUT2D eigenvalue weighted by molar-refractivity contribution is -0.142. The first-order valence-electron chi connectivity index (χ1n) is 12.3. The second-order valence-corrected chi connectivity index (χ2v) is 10.2. The van der Waals surface area contributed by atoms with Gasteiger partial charge in [-0.3, -0.25) is 4.79 Å². The maximum atomic E-state index is 13.7. The molecule has 1 saturated carbocycles. The second kappa shape index (κ2) is 8.96. The molecule has 0 atom stereocenters. The Morgan fingerprint density at radius 1 is 0.925 bits per heavy atom. The normalized spacial score (nSPS) is 17.2. The molecule has 4 heterocycles. The summed E-state index contributed by atoms with van der Waals surface area (Å²) in [5, 5.41) is 6.28. The molecule has 4 aromatic rings. The minimum atomic E-state index is -4.91. The van der Waals surface area contributed by atoms with E-state index in [1.807, 2.05) is 11.0 Å². The average Bonchev–Trinajstić information content (AvgIpc) is 3.59. The van der Waals surface area contributed by atoms with Crippen LogP contribution < -0.4 is 15.8 Å². The lowest BCUT2D eigenvalue weighted by Crippen LogP contribution is -2.63. The molecule has 3 aromatic heterocycles. The van der Waals surface area contributed by atoms with Gasteiger partial charge in [-0.15, -0.1) is 0 Å². The van der Waals surface area contributed by atoms with E-state index in [1.165, 1.54) is 18.2 Å². The fraction of sp³-hybridized carbons (Fsp3) is 0.346. The summed E-state index contributed by atoms with van der Waals surface area (Å²) in [6.07, 6.45) is -6.18. The lowest BCUT2D eigenvalue weighted by Gasteiger charge is -2.52. The van der Waals surface area contributed by atoms with Gasteiger partial charge in [-0.05, 0) is 36.6 Å². The summed E-state index contributed by atoms with van der Waals surface area (Å²) in [4.78, 5) is 17.8. The molecule has 210 valence electrons. The van der Waals surface area contributed by atoms with Crippen molar-refractivity contribution >= 4 is 17.2 Å². The van der Waals surface area contributed by atoms with Crippen molar-refractivity contribution in [2.75, 3.05) is 29.9 Å². The Hall–Kier alpha value is -4.10. The number of alkyl halides is 6. The van der Waals surface area contributed by atoms with Crippen molar-refractivity contribution < 1.29 is 30.7 Å². The van der Waals surface area contributed by atoms with E-state index in [2.05, 4.69) is 15.4 Å². The molecule has 0 spiro atoms. The minimum absolute atomic E-state index is 0.0219. The number of nitrogens with zero attached hydrogens (tertiary/aromatic N) is 5. The van der Waals surface area contributed by atoms with Gasteiger partial charge in [0.1, 0.15) is 11.6 Å². The van der Waals surface area contributed by atoms with Gasteiger partial charge < -0.3 is 14.8 Å². The molecule has 0 radical (unpaired) electrons. The third kappa shape index (κ3) is 4.75. The molecule has 2 fully saturated rings. The van der Waals surface area contributed by atoms with Gasteiger partial charge in [0, 0.05) is 61.2 Å². The van der Waals surface area contributed by atoms with Gasteiger partial charge in [0.25, 0.3) is 5.56 Å². The Morgan fingerprint density at radius 2 is 1.60 bits per heavy atom. The van der Waals surface area contributed by atoms with Crippen LogP contribution >= 0.6 is 0 Å². The average molecular weight is 566 g/mol. The summed E-state index contributed by atoms with van der Waals surface area (Å²) in [6.45, 7) is 0.601. The highest BCUT2D eigenvalue weighted by atomic mass is 19.4. The molecule has 7 nitrogen and oxygen atoms in total. The highest BCUT2D eigenvalue weighted by molar-refractivity contribution is 5.55. The number of hydrogen-bond donors (Lipinski definition) is 1. The van der Waals surface area contributed by atoms with Crippen molar-refractivity contribution in [3.63, 3.8) is 0 Å². The fourth-order valence-electron chi connectivity index (χ4n) is 5.04. The molecule has 0 bridgehead atoms. The first kappa shape index (κ1) is 26.1. The minimum Gasteiger partial charge on any atom is -0.369 e. The predicted molar refractivity (Wildman–Crippen MR) is 131 cm³/mol. The Balaban J connectivity index is 1.33. The molecule has 1 aromatic carbocycles. The zero-order valence-electron chi connectivity index (χ0n) is 20.6. The zero-order valence-corrected chi connectivity index (χ0v) is 20.6. The van der Waals surface area contributed by atoms with Gasteiger partial charge in [-0.2, -0.15) is 36.0 Å². The molecule has 0 amide bonds. The third-order valence-electron chi connectivity index (χ3n) is 7.30.